The zero-order valence-electron chi connectivity index (χ0n) is 12.7. The van der Waals surface area contributed by atoms with Crippen LogP contribution in [0, 0.1) is 0 Å². The van der Waals surface area contributed by atoms with Gasteiger partial charge in [0.25, 0.3) is 0 Å². The van der Waals surface area contributed by atoms with Gasteiger partial charge in [-0.15, -0.1) is 0 Å². The summed E-state index contributed by atoms with van der Waals surface area (Å²) in [6, 6.07) is 0.373. The molecule has 0 spiro atoms. The first-order valence-electron chi connectivity index (χ1n) is 7.12. The van der Waals surface area contributed by atoms with E-state index < -0.39 is 5.60 Å². The van der Waals surface area contributed by atoms with Gasteiger partial charge in [-0.25, -0.2) is 4.79 Å². The molecule has 1 N–H and O–H groups in total. The van der Waals surface area contributed by atoms with Crippen LogP contribution in [0.1, 0.15) is 40.0 Å². The van der Waals surface area contributed by atoms with Crippen molar-refractivity contribution in [3.05, 3.63) is 0 Å². The van der Waals surface area contributed by atoms with Crippen molar-refractivity contribution in [2.75, 3.05) is 33.4 Å². The van der Waals surface area contributed by atoms with Gasteiger partial charge in [0.2, 0.25) is 0 Å². The average molecular weight is 272 g/mol. The largest absolute Gasteiger partial charge is 0.444 e. The number of hydrogen-bond donors (Lipinski definition) is 1. The number of nitrogens with one attached hydrogen (secondary N) is 1. The lowest BCUT2D eigenvalue weighted by Gasteiger charge is -2.34. The Kier molecular flexibility index (Phi) is 6.58. The average Bonchev–Trinajstić information content (AvgIpc) is 2.33. The number of likely N-dealkylation sites (tertiary alicyclic amines) is 1. The molecule has 0 aliphatic carbocycles. The summed E-state index contributed by atoms with van der Waals surface area (Å²) in [7, 11) is 1.71. The third kappa shape index (κ3) is 6.78. The molecule has 112 valence electrons. The molecule has 19 heavy (non-hydrogen) atoms. The predicted octanol–water partition coefficient (Wildman–Crippen LogP) is 2.01. The van der Waals surface area contributed by atoms with Gasteiger partial charge < -0.3 is 19.7 Å². The second kappa shape index (κ2) is 7.70. The second-order valence-corrected chi connectivity index (χ2v) is 6.07. The van der Waals surface area contributed by atoms with Crippen molar-refractivity contribution in [2.24, 2.45) is 0 Å². The number of rotatable bonds is 5. The van der Waals surface area contributed by atoms with E-state index in [1.165, 1.54) is 0 Å². The van der Waals surface area contributed by atoms with Crippen molar-refractivity contribution in [1.82, 2.24) is 10.2 Å². The minimum Gasteiger partial charge on any atom is -0.444 e. The molecule has 1 saturated heterocycles. The van der Waals surface area contributed by atoms with Gasteiger partial charge in [0.15, 0.2) is 0 Å². The zero-order chi connectivity index (χ0) is 14.3. The van der Waals surface area contributed by atoms with Crippen molar-refractivity contribution < 1.29 is 14.3 Å². The fraction of sp³-hybridized carbons (Fsp3) is 0.929. The number of hydrogen-bond acceptors (Lipinski definition) is 4. The third-order valence-electron chi connectivity index (χ3n) is 3.03. The molecule has 5 heteroatoms. The topological polar surface area (TPSA) is 50.8 Å². The van der Waals surface area contributed by atoms with E-state index in [2.05, 4.69) is 5.32 Å². The maximum Gasteiger partial charge on any atom is 0.410 e. The van der Waals surface area contributed by atoms with Gasteiger partial charge in [0.1, 0.15) is 5.60 Å². The Labute approximate surface area is 116 Å². The maximum atomic E-state index is 12.0. The number of piperidine rings is 1. The molecule has 0 aromatic heterocycles. The van der Waals surface area contributed by atoms with Crippen molar-refractivity contribution in [2.45, 2.75) is 51.7 Å². The molecular weight excluding hydrogens is 244 g/mol. The molecule has 0 bridgehead atoms. The van der Waals surface area contributed by atoms with E-state index in [0.717, 1.165) is 45.5 Å². The summed E-state index contributed by atoms with van der Waals surface area (Å²) in [5.74, 6) is 0. The highest BCUT2D eigenvalue weighted by atomic mass is 16.6. The summed E-state index contributed by atoms with van der Waals surface area (Å²) in [5, 5.41) is 3.47. The molecule has 1 amide bonds. The number of amides is 1. The van der Waals surface area contributed by atoms with Gasteiger partial charge in [0.05, 0.1) is 0 Å². The highest BCUT2D eigenvalue weighted by Crippen LogP contribution is 2.15. The van der Waals surface area contributed by atoms with Crippen LogP contribution in [-0.4, -0.2) is 56.0 Å². The van der Waals surface area contributed by atoms with Gasteiger partial charge in [-0.3, -0.25) is 0 Å². The third-order valence-corrected chi connectivity index (χ3v) is 3.03. The highest BCUT2D eigenvalue weighted by molar-refractivity contribution is 5.68. The summed E-state index contributed by atoms with van der Waals surface area (Å²) < 4.78 is 10.4. The van der Waals surface area contributed by atoms with Crippen LogP contribution in [0.25, 0.3) is 0 Å². The summed E-state index contributed by atoms with van der Waals surface area (Å²) >= 11 is 0. The van der Waals surface area contributed by atoms with Gasteiger partial charge in [-0.1, -0.05) is 0 Å². The highest BCUT2D eigenvalue weighted by Gasteiger charge is 2.27. The van der Waals surface area contributed by atoms with E-state index in [-0.39, 0.29) is 6.09 Å². The van der Waals surface area contributed by atoms with Crippen LogP contribution in [0.3, 0.4) is 0 Å². The molecule has 1 heterocycles. The van der Waals surface area contributed by atoms with E-state index in [0.29, 0.717) is 6.04 Å². The lowest BCUT2D eigenvalue weighted by molar-refractivity contribution is 0.0187. The quantitative estimate of drug-likeness (QED) is 0.778. The number of carbonyl (C=O) groups is 1. The minimum atomic E-state index is -0.421. The Morgan fingerprint density at radius 3 is 2.79 bits per heavy atom. The molecule has 1 fully saturated rings. The van der Waals surface area contributed by atoms with Gasteiger partial charge >= 0.3 is 6.09 Å². The van der Waals surface area contributed by atoms with E-state index in [4.69, 9.17) is 9.47 Å². The SMILES string of the molecule is COCCCNC1CCCN(C(=O)OC(C)(C)C)C1. The number of methoxy groups -OCH3 is 1. The molecule has 0 radical (unpaired) electrons. The molecular formula is C14H28N2O3. The number of ether oxygens (including phenoxy) is 2. The van der Waals surface area contributed by atoms with Crippen LogP contribution in [0.2, 0.25) is 0 Å². The molecule has 0 saturated carbocycles. The molecule has 1 rings (SSSR count). The van der Waals surface area contributed by atoms with Crippen molar-refractivity contribution in [3.63, 3.8) is 0 Å². The van der Waals surface area contributed by atoms with Crippen LogP contribution in [0.4, 0.5) is 4.79 Å². The molecule has 1 unspecified atom stereocenters. The van der Waals surface area contributed by atoms with Crippen LogP contribution in [0.5, 0.6) is 0 Å². The fourth-order valence-electron chi connectivity index (χ4n) is 2.16. The summed E-state index contributed by atoms with van der Waals surface area (Å²) in [4.78, 5) is 13.8. The van der Waals surface area contributed by atoms with Crippen LogP contribution < -0.4 is 5.32 Å². The summed E-state index contributed by atoms with van der Waals surface area (Å²) in [6.07, 6.45) is 2.95. The lowest BCUT2D eigenvalue weighted by atomic mass is 10.1. The van der Waals surface area contributed by atoms with Crippen molar-refractivity contribution in [1.29, 1.82) is 0 Å². The predicted molar refractivity (Wildman–Crippen MR) is 75.3 cm³/mol. The fourth-order valence-corrected chi connectivity index (χ4v) is 2.16. The van der Waals surface area contributed by atoms with E-state index in [9.17, 15) is 4.79 Å². The van der Waals surface area contributed by atoms with Gasteiger partial charge in [-0.2, -0.15) is 0 Å². The number of carbonyl (C=O) groups excluding carboxylic acids is 1. The monoisotopic (exact) mass is 272 g/mol. The Balaban J connectivity index is 2.31. The van der Waals surface area contributed by atoms with E-state index in [1.54, 1.807) is 7.11 Å². The van der Waals surface area contributed by atoms with Crippen molar-refractivity contribution >= 4 is 6.09 Å². The molecule has 1 aliphatic rings. The second-order valence-electron chi connectivity index (χ2n) is 6.07. The molecule has 5 nitrogen and oxygen atoms in total. The zero-order valence-corrected chi connectivity index (χ0v) is 12.7. The first-order chi connectivity index (χ1) is 8.92. The van der Waals surface area contributed by atoms with Gasteiger partial charge in [-0.05, 0) is 46.6 Å². The minimum absolute atomic E-state index is 0.198. The smallest absolute Gasteiger partial charge is 0.410 e. The normalized spacial score (nSPS) is 20.4. The first kappa shape index (κ1) is 16.2. The summed E-state index contributed by atoms with van der Waals surface area (Å²) in [6.45, 7) is 8.93. The standard InChI is InChI=1S/C14H28N2O3/c1-14(2,3)19-13(17)16-9-5-7-12(11-16)15-8-6-10-18-4/h12,15H,5-11H2,1-4H3. The molecule has 1 aliphatic heterocycles. The number of nitrogens with zero attached hydrogens (tertiary/aromatic N) is 1. The van der Waals surface area contributed by atoms with Crippen LogP contribution >= 0.6 is 0 Å². The van der Waals surface area contributed by atoms with Crippen molar-refractivity contribution in [3.8, 4) is 0 Å². The van der Waals surface area contributed by atoms with E-state index >= 15 is 0 Å². The molecule has 0 aromatic rings. The summed E-state index contributed by atoms with van der Waals surface area (Å²) in [5.41, 5.74) is -0.421. The van der Waals surface area contributed by atoms with E-state index in [1.807, 2.05) is 25.7 Å². The lowest BCUT2D eigenvalue weighted by Crippen LogP contribution is -2.49. The maximum absolute atomic E-state index is 12.0. The van der Waals surface area contributed by atoms with Gasteiger partial charge in [0, 0.05) is 32.8 Å². The Bertz CT molecular complexity index is 276. The van der Waals surface area contributed by atoms with Crippen LogP contribution in [-0.2, 0) is 9.47 Å². The molecule has 0 aromatic carbocycles. The molecule has 1 atom stereocenters. The first-order valence-corrected chi connectivity index (χ1v) is 7.12. The Hall–Kier alpha value is -0.810. The Morgan fingerprint density at radius 2 is 2.16 bits per heavy atom. The van der Waals surface area contributed by atoms with Crippen LogP contribution in [0.15, 0.2) is 0 Å². The Morgan fingerprint density at radius 1 is 1.42 bits per heavy atom.